The molecule has 1 aromatic rings. The summed E-state index contributed by atoms with van der Waals surface area (Å²) in [5.41, 5.74) is 6.70. The first kappa shape index (κ1) is 16.0. The van der Waals surface area contributed by atoms with E-state index in [2.05, 4.69) is 52.0 Å². The maximum Gasteiger partial charge on any atom is 0.233 e. The molecule has 2 aliphatic rings. The fourth-order valence-corrected chi connectivity index (χ4v) is 4.51. The van der Waals surface area contributed by atoms with Crippen molar-refractivity contribution in [2.75, 3.05) is 13.1 Å². The number of amides is 1. The molecule has 4 heteroatoms. The van der Waals surface area contributed by atoms with Gasteiger partial charge >= 0.3 is 0 Å². The first-order chi connectivity index (χ1) is 10.6. The molecule has 3 rings (SSSR count). The van der Waals surface area contributed by atoms with E-state index in [-0.39, 0.29) is 5.41 Å². The normalized spacial score (nSPS) is 27.3. The quantitative estimate of drug-likeness (QED) is 0.892. The Morgan fingerprint density at radius 3 is 2.50 bits per heavy atom. The third-order valence-corrected chi connectivity index (χ3v) is 6.05. The van der Waals surface area contributed by atoms with Crippen LogP contribution in [-0.2, 0) is 10.2 Å². The van der Waals surface area contributed by atoms with Crippen LogP contribution in [0, 0.1) is 5.92 Å². The molecule has 2 fully saturated rings. The van der Waals surface area contributed by atoms with Crippen molar-refractivity contribution in [2.45, 2.75) is 50.5 Å². The van der Waals surface area contributed by atoms with Gasteiger partial charge in [-0.3, -0.25) is 4.79 Å². The van der Waals surface area contributed by atoms with Gasteiger partial charge in [-0.2, -0.15) is 0 Å². The highest BCUT2D eigenvalue weighted by molar-refractivity contribution is 9.10. The predicted octanol–water partition coefficient (Wildman–Crippen LogP) is 3.46. The minimum absolute atomic E-state index is 0.307. The van der Waals surface area contributed by atoms with Gasteiger partial charge < -0.3 is 10.6 Å². The summed E-state index contributed by atoms with van der Waals surface area (Å²) in [6, 6.07) is 8.66. The van der Waals surface area contributed by atoms with Crippen LogP contribution in [-0.4, -0.2) is 29.9 Å². The van der Waals surface area contributed by atoms with Crippen LogP contribution in [0.3, 0.4) is 0 Å². The van der Waals surface area contributed by atoms with E-state index in [4.69, 9.17) is 5.73 Å². The molecule has 0 aromatic heterocycles. The lowest BCUT2D eigenvalue weighted by Gasteiger charge is -2.35. The maximum atomic E-state index is 13.4. The number of likely N-dealkylation sites (tertiary alicyclic amines) is 1. The number of carbonyl (C=O) groups excluding carboxylic acids is 1. The summed E-state index contributed by atoms with van der Waals surface area (Å²) in [6.45, 7) is 3.67. The van der Waals surface area contributed by atoms with E-state index in [1.807, 2.05) is 0 Å². The molecule has 2 atom stereocenters. The Morgan fingerprint density at radius 2 is 1.95 bits per heavy atom. The third kappa shape index (κ3) is 2.71. The number of benzene rings is 1. The van der Waals surface area contributed by atoms with Crippen LogP contribution >= 0.6 is 15.9 Å². The van der Waals surface area contributed by atoms with Crippen molar-refractivity contribution in [3.63, 3.8) is 0 Å². The molecule has 22 heavy (non-hydrogen) atoms. The minimum atomic E-state index is -0.307. The van der Waals surface area contributed by atoms with Crippen molar-refractivity contribution in [1.29, 1.82) is 0 Å². The van der Waals surface area contributed by atoms with Crippen LogP contribution in [0.2, 0.25) is 0 Å². The van der Waals surface area contributed by atoms with Gasteiger partial charge in [-0.25, -0.2) is 0 Å². The van der Waals surface area contributed by atoms with Gasteiger partial charge in [0.1, 0.15) is 0 Å². The molecular weight excluding hydrogens is 340 g/mol. The molecule has 1 aromatic carbocycles. The number of nitrogens with two attached hydrogens (primary N) is 1. The minimum Gasteiger partial charge on any atom is -0.339 e. The molecule has 1 aliphatic carbocycles. The van der Waals surface area contributed by atoms with Gasteiger partial charge in [0.05, 0.1) is 5.41 Å². The van der Waals surface area contributed by atoms with Crippen LogP contribution in [0.25, 0.3) is 0 Å². The number of nitrogens with zero attached hydrogens (tertiary/aromatic N) is 1. The highest BCUT2D eigenvalue weighted by Gasteiger charge is 2.47. The molecule has 3 nitrogen and oxygen atoms in total. The van der Waals surface area contributed by atoms with E-state index in [1.165, 1.54) is 5.56 Å². The number of carbonyl (C=O) groups is 1. The molecule has 2 N–H and O–H groups in total. The van der Waals surface area contributed by atoms with Crippen LogP contribution in [0.5, 0.6) is 0 Å². The Balaban J connectivity index is 1.91. The Kier molecular flexibility index (Phi) is 4.60. The smallest absolute Gasteiger partial charge is 0.233 e. The monoisotopic (exact) mass is 364 g/mol. The van der Waals surface area contributed by atoms with E-state index in [0.717, 1.165) is 43.1 Å². The molecule has 2 unspecified atom stereocenters. The Labute approximate surface area is 141 Å². The fourth-order valence-electron chi connectivity index (χ4n) is 4.24. The summed E-state index contributed by atoms with van der Waals surface area (Å²) in [6.07, 6.45) is 5.28. The molecule has 1 heterocycles. The topological polar surface area (TPSA) is 46.3 Å². The second-order valence-corrected chi connectivity index (χ2v) is 7.86. The molecule has 120 valence electrons. The largest absolute Gasteiger partial charge is 0.339 e. The predicted molar refractivity (Wildman–Crippen MR) is 92.6 cm³/mol. The lowest BCUT2D eigenvalue weighted by molar-refractivity contribution is -0.138. The molecule has 1 saturated heterocycles. The third-order valence-electron chi connectivity index (χ3n) is 5.52. The summed E-state index contributed by atoms with van der Waals surface area (Å²) in [7, 11) is 0. The molecule has 1 aliphatic heterocycles. The highest BCUT2D eigenvalue weighted by atomic mass is 79.9. The molecule has 0 radical (unpaired) electrons. The number of hydrogen-bond acceptors (Lipinski definition) is 2. The Morgan fingerprint density at radius 1 is 1.32 bits per heavy atom. The first-order valence-electron chi connectivity index (χ1n) is 8.34. The second kappa shape index (κ2) is 6.32. The van der Waals surface area contributed by atoms with Gasteiger partial charge in [-0.15, -0.1) is 0 Å². The molecule has 0 bridgehead atoms. The van der Waals surface area contributed by atoms with Crippen LogP contribution in [0.1, 0.15) is 44.6 Å². The lowest BCUT2D eigenvalue weighted by Crippen LogP contribution is -2.47. The SMILES string of the molecule is CC1CC(CN)CN1C(=O)C1(c2ccc(Br)cc2)CCCC1. The van der Waals surface area contributed by atoms with E-state index in [1.54, 1.807) is 0 Å². The molecule has 1 amide bonds. The first-order valence-corrected chi connectivity index (χ1v) is 9.13. The van der Waals surface area contributed by atoms with Crippen LogP contribution in [0.15, 0.2) is 28.7 Å². The van der Waals surface area contributed by atoms with E-state index < -0.39 is 0 Å². The second-order valence-electron chi connectivity index (χ2n) is 6.94. The zero-order valence-electron chi connectivity index (χ0n) is 13.2. The van der Waals surface area contributed by atoms with Crippen molar-refractivity contribution in [1.82, 2.24) is 4.90 Å². The fraction of sp³-hybridized carbons (Fsp3) is 0.611. The van der Waals surface area contributed by atoms with Crippen LogP contribution < -0.4 is 5.73 Å². The number of hydrogen-bond donors (Lipinski definition) is 1. The van der Waals surface area contributed by atoms with Gasteiger partial charge in [0.25, 0.3) is 0 Å². The molecule has 1 saturated carbocycles. The van der Waals surface area contributed by atoms with Gasteiger partial charge in [0.2, 0.25) is 5.91 Å². The number of halogens is 1. The summed E-state index contributed by atoms with van der Waals surface area (Å²) in [5.74, 6) is 0.790. The van der Waals surface area contributed by atoms with Gasteiger partial charge in [0, 0.05) is 17.1 Å². The summed E-state index contributed by atoms with van der Waals surface area (Å²) < 4.78 is 1.06. The van der Waals surface area contributed by atoms with Crippen LogP contribution in [0.4, 0.5) is 0 Å². The average Bonchev–Trinajstić information content (AvgIpc) is 3.15. The van der Waals surface area contributed by atoms with E-state index >= 15 is 0 Å². The van der Waals surface area contributed by atoms with Crippen molar-refractivity contribution < 1.29 is 4.79 Å². The van der Waals surface area contributed by atoms with Gasteiger partial charge in [-0.05, 0) is 56.3 Å². The average molecular weight is 365 g/mol. The summed E-state index contributed by atoms with van der Waals surface area (Å²) >= 11 is 3.49. The Hall–Kier alpha value is -0.870. The molecular formula is C18H25BrN2O. The van der Waals surface area contributed by atoms with Crippen molar-refractivity contribution in [3.8, 4) is 0 Å². The van der Waals surface area contributed by atoms with E-state index in [9.17, 15) is 4.79 Å². The zero-order valence-corrected chi connectivity index (χ0v) is 14.8. The Bertz CT molecular complexity index is 537. The van der Waals surface area contributed by atoms with Gasteiger partial charge in [-0.1, -0.05) is 40.9 Å². The number of rotatable bonds is 3. The van der Waals surface area contributed by atoms with Crippen molar-refractivity contribution >= 4 is 21.8 Å². The van der Waals surface area contributed by atoms with E-state index in [0.29, 0.717) is 24.4 Å². The standard InChI is InChI=1S/C18H25BrN2O/c1-13-10-14(11-20)12-21(13)17(22)18(8-2-3-9-18)15-4-6-16(19)7-5-15/h4-7,13-14H,2-3,8-12,20H2,1H3. The van der Waals surface area contributed by atoms with Crippen molar-refractivity contribution in [3.05, 3.63) is 34.3 Å². The van der Waals surface area contributed by atoms with Crippen molar-refractivity contribution in [2.24, 2.45) is 11.7 Å². The maximum absolute atomic E-state index is 13.4. The molecule has 0 spiro atoms. The summed E-state index contributed by atoms with van der Waals surface area (Å²) in [4.78, 5) is 15.5. The lowest BCUT2D eigenvalue weighted by atomic mass is 9.77. The summed E-state index contributed by atoms with van der Waals surface area (Å²) in [5, 5.41) is 0. The zero-order chi connectivity index (χ0) is 15.7. The van der Waals surface area contributed by atoms with Gasteiger partial charge in [0.15, 0.2) is 0 Å². The highest BCUT2D eigenvalue weighted by Crippen LogP contribution is 2.44.